The second-order valence-corrected chi connectivity index (χ2v) is 12.9. The van der Waals surface area contributed by atoms with Gasteiger partial charge in [-0.15, -0.1) is 0 Å². The maximum atomic E-state index is 12.0. The molecule has 0 aliphatic carbocycles. The van der Waals surface area contributed by atoms with Crippen molar-refractivity contribution < 1.29 is 24.5 Å². The van der Waals surface area contributed by atoms with Gasteiger partial charge in [-0.3, -0.25) is 4.90 Å². The molecule has 2 atom stereocenters. The van der Waals surface area contributed by atoms with E-state index in [9.17, 15) is 15.0 Å². The summed E-state index contributed by atoms with van der Waals surface area (Å²) in [5.74, 6) is 0.0245. The Morgan fingerprint density at radius 3 is 2.48 bits per heavy atom. The van der Waals surface area contributed by atoms with E-state index in [1.807, 2.05) is 12.1 Å². The molecule has 3 aliphatic rings. The van der Waals surface area contributed by atoms with E-state index in [-0.39, 0.29) is 17.2 Å². The molecule has 3 aromatic carbocycles. The first-order chi connectivity index (χ1) is 20.4. The van der Waals surface area contributed by atoms with Crippen LogP contribution >= 0.6 is 11.8 Å². The van der Waals surface area contributed by atoms with Gasteiger partial charge in [-0.1, -0.05) is 42.1 Å². The SMILES string of the molecule is COc1cc(CC2c3ccc(O)cc3SC2(OCCN2CCCC2)c2cccc(C(=O)O)c2)ccc1CN1CCCC1. The van der Waals surface area contributed by atoms with Crippen molar-refractivity contribution >= 4 is 17.7 Å². The summed E-state index contributed by atoms with van der Waals surface area (Å²) in [4.78, 5) is 17.0. The predicted octanol–water partition coefficient (Wildman–Crippen LogP) is 6.09. The van der Waals surface area contributed by atoms with Gasteiger partial charge in [0, 0.05) is 29.5 Å². The molecule has 2 unspecified atom stereocenters. The van der Waals surface area contributed by atoms with Crippen LogP contribution in [0.3, 0.4) is 0 Å². The van der Waals surface area contributed by atoms with Crippen LogP contribution in [-0.2, 0) is 22.6 Å². The van der Waals surface area contributed by atoms with Crippen LogP contribution in [0.1, 0.15) is 64.2 Å². The highest BCUT2D eigenvalue weighted by Gasteiger charge is 2.50. The number of thioether (sulfide) groups is 1. The van der Waals surface area contributed by atoms with E-state index in [0.717, 1.165) is 66.6 Å². The van der Waals surface area contributed by atoms with Crippen LogP contribution in [0.25, 0.3) is 0 Å². The molecule has 0 spiro atoms. The minimum Gasteiger partial charge on any atom is -0.508 e. The molecular formula is C34H40N2O5S. The lowest BCUT2D eigenvalue weighted by Gasteiger charge is -2.36. The Hall–Kier alpha value is -3.04. The zero-order valence-electron chi connectivity index (χ0n) is 24.3. The summed E-state index contributed by atoms with van der Waals surface area (Å²) in [6.07, 6.45) is 5.59. The number of carboxylic acids is 1. The number of fused-ring (bicyclic) bond motifs is 1. The largest absolute Gasteiger partial charge is 0.508 e. The quantitative estimate of drug-likeness (QED) is 0.279. The molecule has 7 nitrogen and oxygen atoms in total. The van der Waals surface area contributed by atoms with E-state index in [1.165, 1.54) is 31.2 Å². The van der Waals surface area contributed by atoms with Gasteiger partial charge in [0.05, 0.1) is 19.3 Å². The monoisotopic (exact) mass is 588 g/mol. The first-order valence-electron chi connectivity index (χ1n) is 15.1. The molecule has 0 bridgehead atoms. The second-order valence-electron chi connectivity index (χ2n) is 11.7. The molecule has 2 saturated heterocycles. The topological polar surface area (TPSA) is 82.5 Å². The van der Waals surface area contributed by atoms with Crippen LogP contribution in [0.15, 0.2) is 65.6 Å². The van der Waals surface area contributed by atoms with Crippen molar-refractivity contribution in [1.29, 1.82) is 0 Å². The van der Waals surface area contributed by atoms with Crippen molar-refractivity contribution in [3.63, 3.8) is 0 Å². The Balaban J connectivity index is 1.38. The summed E-state index contributed by atoms with van der Waals surface area (Å²) in [6.45, 7) is 6.66. The number of methoxy groups -OCH3 is 1. The van der Waals surface area contributed by atoms with E-state index in [0.29, 0.717) is 13.0 Å². The number of likely N-dealkylation sites (tertiary alicyclic amines) is 2. The van der Waals surface area contributed by atoms with Gasteiger partial charge in [0.2, 0.25) is 0 Å². The van der Waals surface area contributed by atoms with Crippen molar-refractivity contribution in [2.24, 2.45) is 0 Å². The number of hydrogen-bond donors (Lipinski definition) is 2. The van der Waals surface area contributed by atoms with E-state index in [4.69, 9.17) is 9.47 Å². The number of aromatic hydroxyl groups is 1. The van der Waals surface area contributed by atoms with Crippen LogP contribution in [0.5, 0.6) is 11.5 Å². The smallest absolute Gasteiger partial charge is 0.335 e. The number of carbonyl (C=O) groups is 1. The number of aromatic carboxylic acids is 1. The second kappa shape index (κ2) is 12.7. The van der Waals surface area contributed by atoms with Gasteiger partial charge in [0.25, 0.3) is 0 Å². The maximum absolute atomic E-state index is 12.0. The molecule has 0 amide bonds. The highest BCUT2D eigenvalue weighted by atomic mass is 32.2. The first-order valence-corrected chi connectivity index (χ1v) is 15.9. The molecule has 3 heterocycles. The molecule has 42 heavy (non-hydrogen) atoms. The van der Waals surface area contributed by atoms with Crippen molar-refractivity contribution in [2.45, 2.75) is 54.4 Å². The fraction of sp³-hybridized carbons (Fsp3) is 0.441. The Morgan fingerprint density at radius 2 is 1.74 bits per heavy atom. The first kappa shape index (κ1) is 29.1. The van der Waals surface area contributed by atoms with Gasteiger partial charge in [0.1, 0.15) is 11.5 Å². The highest BCUT2D eigenvalue weighted by molar-refractivity contribution is 8.00. The van der Waals surface area contributed by atoms with Crippen LogP contribution in [0, 0.1) is 0 Å². The van der Waals surface area contributed by atoms with Gasteiger partial charge >= 0.3 is 5.97 Å². The number of phenolic OH excluding ortho intramolecular Hbond substituents is 1. The molecule has 6 rings (SSSR count). The fourth-order valence-electron chi connectivity index (χ4n) is 6.72. The molecule has 8 heteroatoms. The summed E-state index contributed by atoms with van der Waals surface area (Å²) < 4.78 is 12.8. The van der Waals surface area contributed by atoms with Crippen LogP contribution < -0.4 is 4.74 Å². The van der Waals surface area contributed by atoms with Crippen molar-refractivity contribution in [2.75, 3.05) is 46.4 Å². The summed E-state index contributed by atoms with van der Waals surface area (Å²) in [5.41, 5.74) is 4.48. The lowest BCUT2D eigenvalue weighted by molar-refractivity contribution is -0.00342. The van der Waals surface area contributed by atoms with Crippen molar-refractivity contribution in [1.82, 2.24) is 9.80 Å². The average Bonchev–Trinajstić information content (AvgIpc) is 3.76. The number of nitrogens with zero attached hydrogens (tertiary/aromatic N) is 2. The maximum Gasteiger partial charge on any atom is 0.335 e. The van der Waals surface area contributed by atoms with E-state index < -0.39 is 10.9 Å². The van der Waals surface area contributed by atoms with E-state index in [1.54, 1.807) is 49.2 Å². The minimum absolute atomic E-state index is 0.116. The fourth-order valence-corrected chi connectivity index (χ4v) is 8.30. The molecule has 2 N–H and O–H groups in total. The van der Waals surface area contributed by atoms with E-state index in [2.05, 4.69) is 28.0 Å². The molecular weight excluding hydrogens is 548 g/mol. The zero-order valence-corrected chi connectivity index (χ0v) is 25.1. The van der Waals surface area contributed by atoms with Crippen LogP contribution in [0.2, 0.25) is 0 Å². The van der Waals surface area contributed by atoms with Gasteiger partial charge in [0.15, 0.2) is 4.93 Å². The molecule has 0 radical (unpaired) electrons. The summed E-state index contributed by atoms with van der Waals surface area (Å²) in [7, 11) is 1.74. The van der Waals surface area contributed by atoms with Gasteiger partial charge < -0.3 is 24.6 Å². The van der Waals surface area contributed by atoms with Crippen molar-refractivity contribution in [3.05, 3.63) is 88.5 Å². The predicted molar refractivity (Wildman–Crippen MR) is 165 cm³/mol. The zero-order chi connectivity index (χ0) is 29.1. The van der Waals surface area contributed by atoms with Crippen molar-refractivity contribution in [3.8, 4) is 11.5 Å². The third kappa shape index (κ3) is 6.04. The molecule has 3 aromatic rings. The minimum atomic E-state index is -0.961. The number of carboxylic acid groups (broad SMARTS) is 1. The number of benzene rings is 3. The number of rotatable bonds is 11. The molecule has 3 aliphatic heterocycles. The van der Waals surface area contributed by atoms with Crippen LogP contribution in [0.4, 0.5) is 0 Å². The standard InChI is InChI=1S/C34H40N2O5S/c1-40-31-20-24(9-10-26(31)23-36-15-4-5-16-36)19-30-29-12-11-28(37)22-32(29)42-34(30,41-18-17-35-13-2-3-14-35)27-8-6-7-25(21-27)33(38)39/h6-12,20-22,30,37H,2-5,13-19,23H2,1H3,(H,38,39). The Morgan fingerprint density at radius 1 is 0.976 bits per heavy atom. The number of ether oxygens (including phenoxy) is 2. The Bertz CT molecular complexity index is 1420. The lowest BCUT2D eigenvalue weighted by atomic mass is 9.83. The number of hydrogen-bond acceptors (Lipinski definition) is 7. The Labute approximate surface area is 252 Å². The van der Waals surface area contributed by atoms with E-state index >= 15 is 0 Å². The summed E-state index contributed by atoms with van der Waals surface area (Å²) >= 11 is 1.58. The van der Waals surface area contributed by atoms with Gasteiger partial charge in [-0.05, 0) is 105 Å². The average molecular weight is 589 g/mol. The molecule has 2 fully saturated rings. The highest BCUT2D eigenvalue weighted by Crippen LogP contribution is 2.61. The molecule has 0 aromatic heterocycles. The summed E-state index contributed by atoms with van der Waals surface area (Å²) in [6, 6.07) is 19.2. The third-order valence-corrected chi connectivity index (χ3v) is 10.4. The Kier molecular flexibility index (Phi) is 8.77. The third-order valence-electron chi connectivity index (χ3n) is 8.91. The molecule has 222 valence electrons. The van der Waals surface area contributed by atoms with Gasteiger partial charge in [-0.2, -0.15) is 0 Å². The summed E-state index contributed by atoms with van der Waals surface area (Å²) in [5, 5.41) is 20.3. The van der Waals surface area contributed by atoms with Crippen LogP contribution in [-0.4, -0.2) is 72.4 Å². The normalized spacial score (nSPS) is 22.5. The number of phenols is 1. The molecule has 0 saturated carbocycles. The lowest BCUT2D eigenvalue weighted by Crippen LogP contribution is -2.35. The van der Waals surface area contributed by atoms with Gasteiger partial charge in [-0.25, -0.2) is 4.79 Å².